The van der Waals surface area contributed by atoms with Gasteiger partial charge in [-0.05, 0) is 74.2 Å². The fourth-order valence-electron chi connectivity index (χ4n) is 3.84. The van der Waals surface area contributed by atoms with Crippen LogP contribution in [0.25, 0.3) is 0 Å². The van der Waals surface area contributed by atoms with E-state index in [-0.39, 0.29) is 0 Å². The van der Waals surface area contributed by atoms with Gasteiger partial charge in [0.15, 0.2) is 6.73 Å². The van der Waals surface area contributed by atoms with E-state index in [1.54, 1.807) is 0 Å². The Labute approximate surface area is 178 Å². The van der Waals surface area contributed by atoms with Gasteiger partial charge in [0, 0.05) is 27.2 Å². The third kappa shape index (κ3) is 4.82. The van der Waals surface area contributed by atoms with E-state index in [2.05, 4.69) is 10.2 Å². The smallest absolute Gasteiger partial charge is 0.159 e. The lowest BCUT2D eigenvalue weighted by molar-refractivity contribution is 0.193. The van der Waals surface area contributed by atoms with Crippen LogP contribution in [0.5, 0.6) is 5.75 Å². The molecule has 0 radical (unpaired) electrons. The highest BCUT2D eigenvalue weighted by Crippen LogP contribution is 2.31. The van der Waals surface area contributed by atoms with E-state index in [1.165, 1.54) is 5.56 Å². The minimum absolute atomic E-state index is 0.488. The first-order valence-corrected chi connectivity index (χ1v) is 11.7. The van der Waals surface area contributed by atoms with Crippen LogP contribution in [0.15, 0.2) is 41.3 Å². The van der Waals surface area contributed by atoms with Gasteiger partial charge in [0.1, 0.15) is 5.75 Å². The second kappa shape index (κ2) is 9.04. The van der Waals surface area contributed by atoms with Gasteiger partial charge in [0.2, 0.25) is 0 Å². The number of piperidine rings is 1. The topological polar surface area (TPSA) is 41.6 Å². The SMILES string of the molecule is O=S(CCN1CCC(Cc2ccc(Cl)cc2Cl)CC1)c1ccc2c(c1)OCN2. The van der Waals surface area contributed by atoms with Crippen LogP contribution in [0.4, 0.5) is 5.69 Å². The van der Waals surface area contributed by atoms with Gasteiger partial charge in [0.05, 0.1) is 16.5 Å². The molecule has 7 heteroatoms. The third-order valence-corrected chi connectivity index (χ3v) is 7.45. The van der Waals surface area contributed by atoms with Crippen LogP contribution >= 0.6 is 23.2 Å². The molecule has 0 bridgehead atoms. The van der Waals surface area contributed by atoms with Crippen molar-refractivity contribution in [3.63, 3.8) is 0 Å². The highest BCUT2D eigenvalue weighted by Gasteiger charge is 2.21. The molecule has 0 spiro atoms. The number of anilines is 1. The van der Waals surface area contributed by atoms with Crippen LogP contribution < -0.4 is 10.1 Å². The van der Waals surface area contributed by atoms with Crippen molar-refractivity contribution in [2.24, 2.45) is 5.92 Å². The van der Waals surface area contributed by atoms with Gasteiger partial charge in [-0.2, -0.15) is 0 Å². The molecule has 1 unspecified atom stereocenters. The maximum Gasteiger partial charge on any atom is 0.159 e. The van der Waals surface area contributed by atoms with Gasteiger partial charge in [-0.1, -0.05) is 29.3 Å². The molecule has 0 aromatic heterocycles. The molecule has 1 N–H and O–H groups in total. The van der Waals surface area contributed by atoms with E-state index in [1.807, 2.05) is 36.4 Å². The van der Waals surface area contributed by atoms with Gasteiger partial charge in [0.25, 0.3) is 0 Å². The molecule has 28 heavy (non-hydrogen) atoms. The summed E-state index contributed by atoms with van der Waals surface area (Å²) in [5.41, 5.74) is 2.16. The lowest BCUT2D eigenvalue weighted by Gasteiger charge is -2.32. The molecule has 1 saturated heterocycles. The quantitative estimate of drug-likeness (QED) is 0.701. The summed E-state index contributed by atoms with van der Waals surface area (Å²) in [5, 5.41) is 4.58. The summed E-state index contributed by atoms with van der Waals surface area (Å²) < 4.78 is 18.1. The maximum absolute atomic E-state index is 12.6. The lowest BCUT2D eigenvalue weighted by atomic mass is 9.90. The molecule has 0 aliphatic carbocycles. The number of hydrogen-bond donors (Lipinski definition) is 1. The fourth-order valence-corrected chi connectivity index (χ4v) is 5.45. The van der Waals surface area contributed by atoms with Crippen LogP contribution in [0.2, 0.25) is 10.0 Å². The van der Waals surface area contributed by atoms with Crippen LogP contribution in [0.1, 0.15) is 18.4 Å². The Morgan fingerprint density at radius 2 is 1.96 bits per heavy atom. The van der Waals surface area contributed by atoms with Gasteiger partial charge in [-0.15, -0.1) is 0 Å². The average Bonchev–Trinajstić information content (AvgIpc) is 3.17. The first-order valence-electron chi connectivity index (χ1n) is 9.64. The van der Waals surface area contributed by atoms with Crippen molar-refractivity contribution in [2.75, 3.05) is 37.4 Å². The molecule has 1 atom stereocenters. The van der Waals surface area contributed by atoms with Crippen LogP contribution in [-0.2, 0) is 17.2 Å². The summed E-state index contributed by atoms with van der Waals surface area (Å²) in [6.07, 6.45) is 3.28. The molecule has 2 aliphatic rings. The number of ether oxygens (including phenoxy) is 1. The van der Waals surface area contributed by atoms with E-state index < -0.39 is 10.8 Å². The molecule has 2 heterocycles. The monoisotopic (exact) mass is 438 g/mol. The normalized spacial score (nSPS) is 18.4. The number of hydrogen-bond acceptors (Lipinski definition) is 4. The zero-order valence-electron chi connectivity index (χ0n) is 15.6. The Bertz CT molecular complexity index is 869. The molecule has 2 aliphatic heterocycles. The van der Waals surface area contributed by atoms with E-state index >= 15 is 0 Å². The Morgan fingerprint density at radius 1 is 1.14 bits per heavy atom. The molecule has 1 fully saturated rings. The van der Waals surface area contributed by atoms with Crippen molar-refractivity contribution in [1.29, 1.82) is 0 Å². The summed E-state index contributed by atoms with van der Waals surface area (Å²) in [6.45, 7) is 3.44. The van der Waals surface area contributed by atoms with Crippen molar-refractivity contribution >= 4 is 39.7 Å². The number of likely N-dealkylation sites (tertiary alicyclic amines) is 1. The van der Waals surface area contributed by atoms with Crippen molar-refractivity contribution in [2.45, 2.75) is 24.2 Å². The number of nitrogens with zero attached hydrogens (tertiary/aromatic N) is 1. The first kappa shape index (κ1) is 20.0. The van der Waals surface area contributed by atoms with Crippen molar-refractivity contribution in [3.05, 3.63) is 52.0 Å². The Kier molecular flexibility index (Phi) is 6.46. The minimum atomic E-state index is -1.00. The van der Waals surface area contributed by atoms with Crippen LogP contribution in [0.3, 0.4) is 0 Å². The number of halogens is 2. The molecule has 4 rings (SSSR count). The third-order valence-electron chi connectivity index (χ3n) is 5.53. The van der Waals surface area contributed by atoms with Crippen LogP contribution in [0, 0.1) is 5.92 Å². The molecule has 4 nitrogen and oxygen atoms in total. The van der Waals surface area contributed by atoms with Crippen molar-refractivity contribution in [1.82, 2.24) is 4.90 Å². The highest BCUT2D eigenvalue weighted by atomic mass is 35.5. The number of benzene rings is 2. The molecule has 2 aromatic carbocycles. The van der Waals surface area contributed by atoms with E-state index in [9.17, 15) is 4.21 Å². The van der Waals surface area contributed by atoms with E-state index in [0.29, 0.717) is 23.4 Å². The Morgan fingerprint density at radius 3 is 2.75 bits per heavy atom. The highest BCUT2D eigenvalue weighted by molar-refractivity contribution is 7.85. The number of nitrogens with one attached hydrogen (secondary N) is 1. The number of rotatable bonds is 6. The zero-order chi connectivity index (χ0) is 19.5. The van der Waals surface area contributed by atoms with E-state index in [4.69, 9.17) is 27.9 Å². The zero-order valence-corrected chi connectivity index (χ0v) is 18.0. The second-order valence-electron chi connectivity index (χ2n) is 7.40. The van der Waals surface area contributed by atoms with Crippen LogP contribution in [-0.4, -0.2) is 41.2 Å². The van der Waals surface area contributed by atoms with Gasteiger partial charge >= 0.3 is 0 Å². The first-order chi connectivity index (χ1) is 13.6. The predicted octanol–water partition coefficient (Wildman–Crippen LogP) is 4.82. The van der Waals surface area contributed by atoms with Crippen molar-refractivity contribution in [3.8, 4) is 5.75 Å². The predicted molar refractivity (Wildman–Crippen MR) is 116 cm³/mol. The summed E-state index contributed by atoms with van der Waals surface area (Å²) in [5.74, 6) is 2.09. The number of fused-ring (bicyclic) bond motifs is 1. The lowest BCUT2D eigenvalue weighted by Crippen LogP contribution is -2.36. The summed E-state index contributed by atoms with van der Waals surface area (Å²) in [7, 11) is -1.00. The van der Waals surface area contributed by atoms with Crippen molar-refractivity contribution < 1.29 is 8.95 Å². The largest absolute Gasteiger partial charge is 0.471 e. The van der Waals surface area contributed by atoms with Gasteiger partial charge in [-0.25, -0.2) is 0 Å². The van der Waals surface area contributed by atoms with E-state index in [0.717, 1.165) is 60.3 Å². The molecule has 0 amide bonds. The molecular weight excluding hydrogens is 415 g/mol. The molecular formula is C21H24Cl2N2O2S. The Hall–Kier alpha value is -1.27. The summed E-state index contributed by atoms with van der Waals surface area (Å²) in [4.78, 5) is 3.26. The minimum Gasteiger partial charge on any atom is -0.471 e. The fraction of sp³-hybridized carbons (Fsp3) is 0.429. The summed E-state index contributed by atoms with van der Waals surface area (Å²) in [6, 6.07) is 11.5. The molecule has 150 valence electrons. The van der Waals surface area contributed by atoms with Gasteiger partial charge < -0.3 is 15.0 Å². The van der Waals surface area contributed by atoms with Gasteiger partial charge in [-0.3, -0.25) is 4.21 Å². The summed E-state index contributed by atoms with van der Waals surface area (Å²) >= 11 is 12.3. The standard InChI is InChI=1S/C21H24Cl2N2O2S/c22-17-2-1-16(19(23)12-17)11-15-5-7-25(8-6-15)9-10-28(26)18-3-4-20-21(13-18)27-14-24-20/h1-4,12-13,15,24H,5-11,14H2. The maximum atomic E-state index is 12.6. The average molecular weight is 439 g/mol. The second-order valence-corrected chi connectivity index (χ2v) is 9.81. The molecule has 2 aromatic rings. The molecule has 0 saturated carbocycles. The Balaban J connectivity index is 1.24.